The van der Waals surface area contributed by atoms with Crippen LogP contribution in [0.3, 0.4) is 0 Å². The molecule has 2 unspecified atom stereocenters. The number of allylic oxidation sites excluding steroid dienone is 1. The van der Waals surface area contributed by atoms with Gasteiger partial charge in [0.1, 0.15) is 0 Å². The molecular weight excluding hydrogens is 195 g/mol. The van der Waals surface area contributed by atoms with Crippen LogP contribution in [0.2, 0.25) is 0 Å². The number of aliphatic hydroxyl groups is 1. The van der Waals surface area contributed by atoms with Gasteiger partial charge in [-0.1, -0.05) is 6.08 Å². The molecule has 1 aliphatic carbocycles. The normalized spacial score (nSPS) is 32.3. The standard InChI is InChI=1S/C11H15FN2O/c1-6(15)9-5-14-10-3-2-7(12)4-8(10)11(9)13/h2,5-6,8,10,15H,3-4,13H2,1H3/t6?,8-,10?/m1/s1. The fourth-order valence-electron chi connectivity index (χ4n) is 2.14. The summed E-state index contributed by atoms with van der Waals surface area (Å²) in [5.74, 6) is -0.203. The van der Waals surface area contributed by atoms with Crippen LogP contribution < -0.4 is 5.73 Å². The van der Waals surface area contributed by atoms with Crippen LogP contribution in [0.25, 0.3) is 0 Å². The van der Waals surface area contributed by atoms with Crippen LogP contribution in [0.1, 0.15) is 19.8 Å². The van der Waals surface area contributed by atoms with Gasteiger partial charge in [-0.15, -0.1) is 0 Å². The molecule has 4 heteroatoms. The summed E-state index contributed by atoms with van der Waals surface area (Å²) in [6.45, 7) is 1.64. The average Bonchev–Trinajstić information content (AvgIpc) is 2.19. The molecule has 3 nitrogen and oxygen atoms in total. The molecular formula is C11H15FN2O. The van der Waals surface area contributed by atoms with E-state index in [4.69, 9.17) is 5.73 Å². The summed E-state index contributed by atoms with van der Waals surface area (Å²) in [5, 5.41) is 9.47. The number of rotatable bonds is 1. The molecule has 82 valence electrons. The van der Waals surface area contributed by atoms with Crippen LogP contribution in [-0.2, 0) is 0 Å². The maximum absolute atomic E-state index is 13.1. The Labute approximate surface area is 88.2 Å². The van der Waals surface area contributed by atoms with Crippen molar-refractivity contribution in [3.63, 3.8) is 0 Å². The van der Waals surface area contributed by atoms with Crippen molar-refractivity contribution < 1.29 is 9.50 Å². The van der Waals surface area contributed by atoms with Gasteiger partial charge < -0.3 is 10.8 Å². The highest BCUT2D eigenvalue weighted by Crippen LogP contribution is 2.34. The van der Waals surface area contributed by atoms with Gasteiger partial charge in [0, 0.05) is 29.8 Å². The lowest BCUT2D eigenvalue weighted by molar-refractivity contribution is 0.233. The maximum Gasteiger partial charge on any atom is 0.0968 e. The molecule has 0 fully saturated rings. The van der Waals surface area contributed by atoms with Crippen LogP contribution in [0, 0.1) is 5.92 Å². The summed E-state index contributed by atoms with van der Waals surface area (Å²) in [6.07, 6.45) is 3.46. The van der Waals surface area contributed by atoms with Crippen molar-refractivity contribution in [2.75, 3.05) is 0 Å². The molecule has 0 aromatic carbocycles. The molecule has 1 heterocycles. The topological polar surface area (TPSA) is 58.6 Å². The number of nitrogens with zero attached hydrogens (tertiary/aromatic N) is 1. The first-order chi connectivity index (χ1) is 7.09. The number of aliphatic hydroxyl groups excluding tert-OH is 1. The van der Waals surface area contributed by atoms with Crippen molar-refractivity contribution in [2.24, 2.45) is 16.6 Å². The lowest BCUT2D eigenvalue weighted by Gasteiger charge is -2.31. The summed E-state index contributed by atoms with van der Waals surface area (Å²) in [6, 6.07) is 0.0481. The predicted octanol–water partition coefficient (Wildman–Crippen LogP) is 1.30. The number of dihydropyridines is 1. The van der Waals surface area contributed by atoms with Crippen molar-refractivity contribution in [2.45, 2.75) is 31.9 Å². The molecule has 0 saturated carbocycles. The van der Waals surface area contributed by atoms with Crippen LogP contribution in [-0.4, -0.2) is 23.5 Å². The van der Waals surface area contributed by atoms with Gasteiger partial charge in [-0.3, -0.25) is 4.99 Å². The molecule has 0 aromatic heterocycles. The Morgan fingerprint density at radius 1 is 1.67 bits per heavy atom. The zero-order chi connectivity index (χ0) is 11.0. The molecule has 1 aliphatic heterocycles. The van der Waals surface area contributed by atoms with E-state index in [9.17, 15) is 9.50 Å². The first-order valence-electron chi connectivity index (χ1n) is 5.15. The van der Waals surface area contributed by atoms with Crippen molar-refractivity contribution >= 4 is 6.21 Å². The van der Waals surface area contributed by atoms with E-state index in [1.807, 2.05) is 0 Å². The average molecular weight is 210 g/mol. The summed E-state index contributed by atoms with van der Waals surface area (Å²) in [4.78, 5) is 4.30. The Morgan fingerprint density at radius 3 is 3.07 bits per heavy atom. The van der Waals surface area contributed by atoms with E-state index in [1.165, 1.54) is 0 Å². The molecule has 3 N–H and O–H groups in total. The zero-order valence-electron chi connectivity index (χ0n) is 8.65. The smallest absolute Gasteiger partial charge is 0.0968 e. The minimum absolute atomic E-state index is 0.0481. The third-order valence-corrected chi connectivity index (χ3v) is 3.05. The quantitative estimate of drug-likeness (QED) is 0.685. The van der Waals surface area contributed by atoms with Gasteiger partial charge in [0.2, 0.25) is 0 Å². The van der Waals surface area contributed by atoms with E-state index < -0.39 is 6.10 Å². The lowest BCUT2D eigenvalue weighted by atomic mass is 9.82. The third-order valence-electron chi connectivity index (χ3n) is 3.05. The monoisotopic (exact) mass is 210 g/mol. The molecule has 2 rings (SSSR count). The molecule has 0 spiro atoms. The first-order valence-corrected chi connectivity index (χ1v) is 5.15. The number of nitrogens with two attached hydrogens (primary N) is 1. The van der Waals surface area contributed by atoms with E-state index in [0.717, 1.165) is 0 Å². The molecule has 0 saturated heterocycles. The Balaban J connectivity index is 2.30. The minimum atomic E-state index is -0.635. The van der Waals surface area contributed by atoms with Gasteiger partial charge in [0.05, 0.1) is 18.0 Å². The number of halogens is 1. The van der Waals surface area contributed by atoms with E-state index in [-0.39, 0.29) is 17.8 Å². The van der Waals surface area contributed by atoms with E-state index in [0.29, 0.717) is 24.1 Å². The summed E-state index contributed by atoms with van der Waals surface area (Å²) >= 11 is 0. The van der Waals surface area contributed by atoms with Gasteiger partial charge in [0.25, 0.3) is 0 Å². The van der Waals surface area contributed by atoms with Crippen molar-refractivity contribution in [1.82, 2.24) is 0 Å². The largest absolute Gasteiger partial charge is 0.401 e. The number of aliphatic imine (C=N–C) groups is 1. The molecule has 0 radical (unpaired) electrons. The molecule has 2 aliphatic rings. The fourth-order valence-corrected chi connectivity index (χ4v) is 2.14. The molecule has 0 aromatic rings. The summed E-state index contributed by atoms with van der Waals surface area (Å²) in [5.41, 5.74) is 7.15. The highest BCUT2D eigenvalue weighted by molar-refractivity contribution is 5.82. The van der Waals surface area contributed by atoms with E-state index in [2.05, 4.69) is 4.99 Å². The number of fused-ring (bicyclic) bond motifs is 1. The second kappa shape index (κ2) is 3.77. The fraction of sp³-hybridized carbons (Fsp3) is 0.545. The summed E-state index contributed by atoms with van der Waals surface area (Å²) < 4.78 is 13.1. The first kappa shape index (κ1) is 10.4. The number of hydrogen-bond acceptors (Lipinski definition) is 3. The van der Waals surface area contributed by atoms with E-state index >= 15 is 0 Å². The second-order valence-corrected chi connectivity index (χ2v) is 4.13. The lowest BCUT2D eigenvalue weighted by Crippen LogP contribution is -2.33. The Hall–Kier alpha value is -1.16. The predicted molar refractivity (Wildman–Crippen MR) is 57.1 cm³/mol. The van der Waals surface area contributed by atoms with Crippen molar-refractivity contribution in [3.8, 4) is 0 Å². The van der Waals surface area contributed by atoms with Crippen LogP contribution in [0.5, 0.6) is 0 Å². The van der Waals surface area contributed by atoms with Gasteiger partial charge in [0.15, 0.2) is 0 Å². The van der Waals surface area contributed by atoms with Crippen molar-refractivity contribution in [3.05, 3.63) is 23.2 Å². The van der Waals surface area contributed by atoms with E-state index in [1.54, 1.807) is 19.2 Å². The zero-order valence-corrected chi connectivity index (χ0v) is 8.65. The van der Waals surface area contributed by atoms with Crippen LogP contribution in [0.15, 0.2) is 28.2 Å². The van der Waals surface area contributed by atoms with Gasteiger partial charge >= 0.3 is 0 Å². The Kier molecular flexibility index (Phi) is 2.61. The highest BCUT2D eigenvalue weighted by Gasteiger charge is 2.32. The minimum Gasteiger partial charge on any atom is -0.401 e. The maximum atomic E-state index is 13.1. The van der Waals surface area contributed by atoms with Gasteiger partial charge in [-0.2, -0.15) is 0 Å². The third kappa shape index (κ3) is 1.81. The SMILES string of the molecule is CC(O)C1=C(N)[C@@H]2CC(F)=CCC2N=C1. The van der Waals surface area contributed by atoms with Crippen molar-refractivity contribution in [1.29, 1.82) is 0 Å². The van der Waals surface area contributed by atoms with Gasteiger partial charge in [-0.05, 0) is 13.3 Å². The molecule has 0 amide bonds. The molecule has 15 heavy (non-hydrogen) atoms. The number of hydrogen-bond donors (Lipinski definition) is 2. The Bertz CT molecular complexity index is 358. The van der Waals surface area contributed by atoms with Gasteiger partial charge in [-0.25, -0.2) is 4.39 Å². The second-order valence-electron chi connectivity index (χ2n) is 4.13. The van der Waals surface area contributed by atoms with Crippen LogP contribution in [0.4, 0.5) is 4.39 Å². The highest BCUT2D eigenvalue weighted by atomic mass is 19.1. The summed E-state index contributed by atoms with van der Waals surface area (Å²) in [7, 11) is 0. The molecule has 3 atom stereocenters. The van der Waals surface area contributed by atoms with Crippen LogP contribution >= 0.6 is 0 Å². The molecule has 0 bridgehead atoms. The Morgan fingerprint density at radius 2 is 2.40 bits per heavy atom.